The highest BCUT2D eigenvalue weighted by molar-refractivity contribution is 6.74. The summed E-state index contributed by atoms with van der Waals surface area (Å²) >= 11 is 0. The third-order valence-electron chi connectivity index (χ3n) is 8.08. The summed E-state index contributed by atoms with van der Waals surface area (Å²) in [4.78, 5) is 14.1. The molecular formula is C31H45NO3Si. The van der Waals surface area contributed by atoms with Gasteiger partial charge in [0.05, 0.1) is 7.11 Å². The number of nitrogens with zero attached hydrogens (tertiary/aromatic N) is 1. The van der Waals surface area contributed by atoms with Crippen LogP contribution in [-0.2, 0) is 26.8 Å². The predicted octanol–water partition coefficient (Wildman–Crippen LogP) is 7.04. The van der Waals surface area contributed by atoms with Crippen molar-refractivity contribution in [3.63, 3.8) is 0 Å². The maximum atomic E-state index is 11.5. The molecule has 0 radical (unpaired) electrons. The molecule has 196 valence electrons. The van der Waals surface area contributed by atoms with Crippen molar-refractivity contribution in [3.8, 4) is 0 Å². The predicted molar refractivity (Wildman–Crippen MR) is 153 cm³/mol. The Hall–Kier alpha value is -2.21. The molecule has 0 aromatic heterocycles. The number of aryl methyl sites for hydroxylation is 3. The second kappa shape index (κ2) is 11.9. The zero-order chi connectivity index (χ0) is 26.5. The van der Waals surface area contributed by atoms with Crippen LogP contribution in [0.4, 0.5) is 0 Å². The Morgan fingerprint density at radius 1 is 1.11 bits per heavy atom. The third kappa shape index (κ3) is 7.18. The molecule has 1 atom stereocenters. The molecule has 0 N–H and O–H groups in total. The summed E-state index contributed by atoms with van der Waals surface area (Å²) in [5.74, 6) is -0.326. The van der Waals surface area contributed by atoms with Gasteiger partial charge in [-0.25, -0.2) is 4.79 Å². The second-order valence-corrected chi connectivity index (χ2v) is 16.5. The number of hydrogen-bond donors (Lipinski definition) is 0. The molecule has 2 aromatic rings. The normalized spacial score (nSPS) is 16.1. The van der Waals surface area contributed by atoms with E-state index in [0.717, 1.165) is 44.5 Å². The number of carbonyl (C=O) groups is 1. The molecule has 0 aliphatic heterocycles. The zero-order valence-electron chi connectivity index (χ0n) is 23.6. The SMILES string of the molecule is COC(=O)C=Cc1ccc2c(c1)CCC2N(CCO[Si](C)(C)C(C)(C)C)CCc1ccc(C)cc1C. The molecule has 0 amide bonds. The van der Waals surface area contributed by atoms with Crippen LogP contribution in [0.2, 0.25) is 18.1 Å². The van der Waals surface area contributed by atoms with Gasteiger partial charge in [0.25, 0.3) is 0 Å². The Bertz CT molecular complexity index is 1080. The van der Waals surface area contributed by atoms with Crippen molar-refractivity contribution in [2.75, 3.05) is 26.8 Å². The second-order valence-electron chi connectivity index (χ2n) is 11.7. The van der Waals surface area contributed by atoms with Gasteiger partial charge in [-0.15, -0.1) is 0 Å². The van der Waals surface area contributed by atoms with Crippen LogP contribution in [0, 0.1) is 13.8 Å². The fraction of sp³-hybridized carbons (Fsp3) is 0.516. The quantitative estimate of drug-likeness (QED) is 0.196. The molecular weight excluding hydrogens is 462 g/mol. The number of carbonyl (C=O) groups excluding carboxylic acids is 1. The van der Waals surface area contributed by atoms with E-state index < -0.39 is 8.32 Å². The summed E-state index contributed by atoms with van der Waals surface area (Å²) in [6.07, 6.45) is 6.54. The van der Waals surface area contributed by atoms with Gasteiger partial charge in [-0.3, -0.25) is 4.90 Å². The first-order valence-electron chi connectivity index (χ1n) is 13.2. The van der Waals surface area contributed by atoms with Crippen molar-refractivity contribution in [1.82, 2.24) is 4.90 Å². The summed E-state index contributed by atoms with van der Waals surface area (Å²) < 4.78 is 11.3. The van der Waals surface area contributed by atoms with Crippen LogP contribution in [0.15, 0.2) is 42.5 Å². The number of esters is 1. The highest BCUT2D eigenvalue weighted by Gasteiger charge is 2.37. The zero-order valence-corrected chi connectivity index (χ0v) is 24.6. The minimum absolute atomic E-state index is 0.213. The van der Waals surface area contributed by atoms with E-state index in [-0.39, 0.29) is 11.0 Å². The van der Waals surface area contributed by atoms with Gasteiger partial charge >= 0.3 is 5.97 Å². The first-order valence-corrected chi connectivity index (χ1v) is 16.1. The van der Waals surface area contributed by atoms with Crippen LogP contribution in [0.1, 0.15) is 66.6 Å². The molecule has 0 fully saturated rings. The molecule has 0 heterocycles. The average Bonchev–Trinajstić information content (AvgIpc) is 3.23. The molecule has 0 spiro atoms. The van der Waals surface area contributed by atoms with Crippen molar-refractivity contribution in [1.29, 1.82) is 0 Å². The van der Waals surface area contributed by atoms with Crippen LogP contribution in [0.25, 0.3) is 6.08 Å². The Morgan fingerprint density at radius 2 is 1.86 bits per heavy atom. The summed E-state index contributed by atoms with van der Waals surface area (Å²) in [7, 11) is -0.382. The maximum Gasteiger partial charge on any atom is 0.330 e. The maximum absolute atomic E-state index is 11.5. The fourth-order valence-electron chi connectivity index (χ4n) is 4.78. The Kier molecular flexibility index (Phi) is 9.37. The van der Waals surface area contributed by atoms with Crippen molar-refractivity contribution < 1.29 is 14.0 Å². The lowest BCUT2D eigenvalue weighted by molar-refractivity contribution is -0.134. The molecule has 1 aliphatic rings. The molecule has 0 bridgehead atoms. The lowest BCUT2D eigenvalue weighted by Gasteiger charge is -2.37. The largest absolute Gasteiger partial charge is 0.466 e. The molecule has 1 aliphatic carbocycles. The van der Waals surface area contributed by atoms with Crippen LogP contribution < -0.4 is 0 Å². The summed E-state index contributed by atoms with van der Waals surface area (Å²) in [5, 5.41) is 0.213. The number of benzene rings is 2. The van der Waals surface area contributed by atoms with Crippen molar-refractivity contribution >= 4 is 20.4 Å². The van der Waals surface area contributed by atoms with Gasteiger partial charge in [0.2, 0.25) is 0 Å². The number of methoxy groups -OCH3 is 1. The number of fused-ring (bicyclic) bond motifs is 1. The minimum Gasteiger partial charge on any atom is -0.466 e. The molecule has 3 rings (SSSR count). The summed E-state index contributed by atoms with van der Waals surface area (Å²) in [5.41, 5.74) is 7.96. The van der Waals surface area contributed by atoms with Crippen molar-refractivity contribution in [2.24, 2.45) is 0 Å². The van der Waals surface area contributed by atoms with E-state index in [1.165, 1.54) is 41.0 Å². The lowest BCUT2D eigenvalue weighted by atomic mass is 10.0. The Balaban J connectivity index is 1.78. The van der Waals surface area contributed by atoms with E-state index in [0.29, 0.717) is 6.04 Å². The van der Waals surface area contributed by atoms with Crippen LogP contribution in [0.5, 0.6) is 0 Å². The van der Waals surface area contributed by atoms with Gasteiger partial charge in [0, 0.05) is 31.8 Å². The molecule has 5 heteroatoms. The van der Waals surface area contributed by atoms with E-state index in [2.05, 4.69) is 89.0 Å². The van der Waals surface area contributed by atoms with Crippen LogP contribution in [0.3, 0.4) is 0 Å². The van der Waals surface area contributed by atoms with E-state index in [1.54, 1.807) is 0 Å². The summed E-state index contributed by atoms with van der Waals surface area (Å²) in [6, 6.07) is 13.8. The van der Waals surface area contributed by atoms with Gasteiger partial charge in [-0.2, -0.15) is 0 Å². The number of hydrogen-bond acceptors (Lipinski definition) is 4. The first kappa shape index (κ1) is 28.4. The van der Waals surface area contributed by atoms with Gasteiger partial charge < -0.3 is 9.16 Å². The van der Waals surface area contributed by atoms with Gasteiger partial charge in [0.15, 0.2) is 8.32 Å². The minimum atomic E-state index is -1.79. The average molecular weight is 508 g/mol. The standard InChI is InChI=1S/C31H45NO3Si/c1-23-9-12-26(24(2)21-23)17-18-32(19-20-35-36(7,8)31(3,4)5)29-15-13-27-22-25(10-14-28(27)29)11-16-30(33)34-6/h9-12,14,16,21-22,29H,13,15,17-20H2,1-8H3. The third-order valence-corrected chi connectivity index (χ3v) is 12.6. The fourth-order valence-corrected chi connectivity index (χ4v) is 5.81. The Morgan fingerprint density at radius 3 is 2.53 bits per heavy atom. The molecule has 36 heavy (non-hydrogen) atoms. The van der Waals surface area contributed by atoms with Crippen molar-refractivity contribution in [2.45, 2.75) is 78.1 Å². The molecule has 0 saturated heterocycles. The smallest absolute Gasteiger partial charge is 0.330 e. The highest BCUT2D eigenvalue weighted by atomic mass is 28.4. The Labute approximate surface area is 219 Å². The van der Waals surface area contributed by atoms with Gasteiger partial charge in [-0.05, 0) is 85.1 Å². The molecule has 4 nitrogen and oxygen atoms in total. The van der Waals surface area contributed by atoms with Crippen molar-refractivity contribution in [3.05, 3.63) is 75.9 Å². The molecule has 2 aromatic carbocycles. The molecule has 0 saturated carbocycles. The van der Waals surface area contributed by atoms with E-state index in [9.17, 15) is 4.79 Å². The van der Waals surface area contributed by atoms with E-state index >= 15 is 0 Å². The van der Waals surface area contributed by atoms with Crippen LogP contribution >= 0.6 is 0 Å². The first-order chi connectivity index (χ1) is 16.9. The summed E-state index contributed by atoms with van der Waals surface area (Å²) in [6.45, 7) is 18.7. The molecule has 1 unspecified atom stereocenters. The van der Waals surface area contributed by atoms with Gasteiger partial charge in [-0.1, -0.05) is 62.7 Å². The topological polar surface area (TPSA) is 38.8 Å². The van der Waals surface area contributed by atoms with Gasteiger partial charge in [0.1, 0.15) is 0 Å². The lowest BCUT2D eigenvalue weighted by Crippen LogP contribution is -2.43. The van der Waals surface area contributed by atoms with E-state index in [1.807, 2.05) is 6.08 Å². The van der Waals surface area contributed by atoms with Crippen LogP contribution in [-0.4, -0.2) is 46.0 Å². The monoisotopic (exact) mass is 507 g/mol. The highest BCUT2D eigenvalue weighted by Crippen LogP contribution is 2.38. The van der Waals surface area contributed by atoms with E-state index in [4.69, 9.17) is 9.16 Å². The number of ether oxygens (including phenoxy) is 1. The number of rotatable bonds is 10.